The Morgan fingerprint density at radius 3 is 2.81 bits per heavy atom. The first-order valence-electron chi connectivity index (χ1n) is 9.36. The number of benzene rings is 1. The van der Waals surface area contributed by atoms with E-state index in [0.29, 0.717) is 11.3 Å². The highest BCUT2D eigenvalue weighted by Gasteiger charge is 2.37. The highest BCUT2D eigenvalue weighted by molar-refractivity contribution is 7.71. The minimum atomic E-state index is -0.539. The molecule has 1 atom stereocenters. The van der Waals surface area contributed by atoms with Gasteiger partial charge >= 0.3 is 0 Å². The molecule has 0 aliphatic carbocycles. The van der Waals surface area contributed by atoms with Crippen LogP contribution in [0.4, 0.5) is 0 Å². The zero-order valence-electron chi connectivity index (χ0n) is 16.1. The van der Waals surface area contributed by atoms with Crippen molar-refractivity contribution in [3.8, 4) is 0 Å². The number of aryl methyl sites for hydroxylation is 1. The average Bonchev–Trinajstić information content (AvgIpc) is 3.02. The van der Waals surface area contributed by atoms with Crippen molar-refractivity contribution in [1.29, 1.82) is 0 Å². The second kappa shape index (κ2) is 7.35. The van der Waals surface area contributed by atoms with E-state index in [9.17, 15) is 4.79 Å². The summed E-state index contributed by atoms with van der Waals surface area (Å²) in [4.78, 5) is 15.4. The van der Waals surface area contributed by atoms with Gasteiger partial charge < -0.3 is 9.47 Å². The lowest BCUT2D eigenvalue weighted by Crippen LogP contribution is -2.48. The molecule has 1 N–H and O–H groups in total. The van der Waals surface area contributed by atoms with Crippen LogP contribution in [0.2, 0.25) is 0 Å². The topological polar surface area (TPSA) is 53.9 Å². The molecule has 1 saturated heterocycles. The van der Waals surface area contributed by atoms with Crippen LogP contribution in [0.3, 0.4) is 0 Å². The number of hydrogen-bond donors (Lipinski definition) is 1. The lowest BCUT2D eigenvalue weighted by atomic mass is 9.80. The third kappa shape index (κ3) is 3.34. The molecule has 1 unspecified atom stereocenters. The second-order valence-electron chi connectivity index (χ2n) is 7.66. The molecule has 3 rings (SSSR count). The van der Waals surface area contributed by atoms with Crippen molar-refractivity contribution < 1.29 is 4.79 Å². The first kappa shape index (κ1) is 18.8. The second-order valence-corrected chi connectivity index (χ2v) is 8.05. The number of nitrogens with one attached hydrogen (secondary N) is 1. The van der Waals surface area contributed by atoms with Crippen molar-refractivity contribution in [2.75, 3.05) is 13.1 Å². The maximum absolute atomic E-state index is 13.4. The number of hydrogen-bond acceptors (Lipinski definition) is 3. The fraction of sp³-hybridized carbons (Fsp3) is 0.550. The summed E-state index contributed by atoms with van der Waals surface area (Å²) in [6.07, 6.45) is 2.03. The van der Waals surface area contributed by atoms with Gasteiger partial charge in [0.25, 0.3) is 0 Å². The van der Waals surface area contributed by atoms with Crippen molar-refractivity contribution in [2.45, 2.75) is 58.4 Å². The number of nitrogens with zero attached hydrogens (tertiary/aromatic N) is 3. The minimum absolute atomic E-state index is 0.189. The predicted octanol–water partition coefficient (Wildman–Crippen LogP) is 3.95. The normalized spacial score (nSPS) is 18.2. The van der Waals surface area contributed by atoms with Crippen molar-refractivity contribution >= 4 is 18.1 Å². The van der Waals surface area contributed by atoms with E-state index < -0.39 is 5.41 Å². The third-order valence-electron chi connectivity index (χ3n) is 5.53. The molecule has 1 aliphatic rings. The quantitative estimate of drug-likeness (QED) is 0.827. The number of amides is 1. The van der Waals surface area contributed by atoms with Gasteiger partial charge in [-0.3, -0.25) is 9.89 Å². The van der Waals surface area contributed by atoms with Gasteiger partial charge in [0.05, 0.1) is 5.41 Å². The van der Waals surface area contributed by atoms with E-state index in [-0.39, 0.29) is 11.8 Å². The van der Waals surface area contributed by atoms with Gasteiger partial charge in [-0.05, 0) is 63.9 Å². The van der Waals surface area contributed by atoms with Crippen LogP contribution in [0, 0.1) is 11.7 Å². The zero-order chi connectivity index (χ0) is 18.9. The molecule has 1 fully saturated rings. The van der Waals surface area contributed by atoms with Gasteiger partial charge in [0.1, 0.15) is 5.82 Å². The number of carbonyl (C=O) groups is 1. The molecule has 5 nitrogen and oxygen atoms in total. The van der Waals surface area contributed by atoms with E-state index in [1.807, 2.05) is 35.4 Å². The maximum Gasteiger partial charge on any atom is 0.232 e. The molecule has 2 aromatic rings. The van der Waals surface area contributed by atoms with Crippen LogP contribution in [-0.4, -0.2) is 38.7 Å². The Hall–Kier alpha value is -1.95. The number of aromatic nitrogens is 3. The highest BCUT2D eigenvalue weighted by Crippen LogP contribution is 2.32. The molecule has 26 heavy (non-hydrogen) atoms. The Labute approximate surface area is 160 Å². The zero-order valence-corrected chi connectivity index (χ0v) is 16.9. The Morgan fingerprint density at radius 1 is 1.38 bits per heavy atom. The summed E-state index contributed by atoms with van der Waals surface area (Å²) >= 11 is 5.32. The van der Waals surface area contributed by atoms with Crippen molar-refractivity contribution in [1.82, 2.24) is 19.7 Å². The van der Waals surface area contributed by atoms with Crippen LogP contribution in [0.1, 0.15) is 56.5 Å². The van der Waals surface area contributed by atoms with E-state index in [4.69, 9.17) is 12.2 Å². The standard InChI is InChI=1S/C20H28N4OS/c1-5-24-17(21-22-19(24)26)15-10-8-12-23(13-15)18(25)20(3,4)16-11-7-6-9-14(16)2/h6-7,9,11,15H,5,8,10,12-13H2,1-4H3,(H,22,26). The molecule has 1 aliphatic heterocycles. The lowest BCUT2D eigenvalue weighted by Gasteiger charge is -2.38. The minimum Gasteiger partial charge on any atom is -0.341 e. The van der Waals surface area contributed by atoms with Crippen LogP contribution < -0.4 is 0 Å². The van der Waals surface area contributed by atoms with Gasteiger partial charge in [0, 0.05) is 25.6 Å². The van der Waals surface area contributed by atoms with Gasteiger partial charge in [-0.15, -0.1) is 0 Å². The number of carbonyl (C=O) groups excluding carboxylic acids is 1. The van der Waals surface area contributed by atoms with Crippen LogP contribution in [0.15, 0.2) is 24.3 Å². The van der Waals surface area contributed by atoms with Gasteiger partial charge in [-0.25, -0.2) is 0 Å². The van der Waals surface area contributed by atoms with Crippen LogP contribution >= 0.6 is 12.2 Å². The summed E-state index contributed by atoms with van der Waals surface area (Å²) in [7, 11) is 0. The van der Waals surface area contributed by atoms with Crippen molar-refractivity contribution in [3.63, 3.8) is 0 Å². The molecule has 6 heteroatoms. The molecule has 1 amide bonds. The van der Waals surface area contributed by atoms with Crippen LogP contribution in [0.25, 0.3) is 0 Å². The summed E-state index contributed by atoms with van der Waals surface area (Å²) in [5, 5.41) is 7.35. The molecule has 0 spiro atoms. The largest absolute Gasteiger partial charge is 0.341 e. The van der Waals surface area contributed by atoms with Crippen LogP contribution in [-0.2, 0) is 16.8 Å². The third-order valence-corrected chi connectivity index (χ3v) is 5.84. The smallest absolute Gasteiger partial charge is 0.232 e. The summed E-state index contributed by atoms with van der Waals surface area (Å²) in [5.41, 5.74) is 1.72. The monoisotopic (exact) mass is 372 g/mol. The lowest BCUT2D eigenvalue weighted by molar-refractivity contribution is -0.137. The molecule has 0 radical (unpaired) electrons. The number of piperidine rings is 1. The first-order chi connectivity index (χ1) is 12.4. The fourth-order valence-electron chi connectivity index (χ4n) is 4.10. The van der Waals surface area contributed by atoms with Crippen LogP contribution in [0.5, 0.6) is 0 Å². The summed E-state index contributed by atoms with van der Waals surface area (Å²) in [6, 6.07) is 8.17. The molecular weight excluding hydrogens is 344 g/mol. The van der Waals surface area contributed by atoms with E-state index in [2.05, 4.69) is 36.2 Å². The molecule has 0 saturated carbocycles. The van der Waals surface area contributed by atoms with Crippen molar-refractivity contribution in [3.05, 3.63) is 46.0 Å². The van der Waals surface area contributed by atoms with Gasteiger partial charge in [-0.2, -0.15) is 5.10 Å². The molecule has 1 aromatic carbocycles. The number of rotatable bonds is 4. The van der Waals surface area contributed by atoms with Crippen molar-refractivity contribution in [2.24, 2.45) is 0 Å². The predicted molar refractivity (Wildman–Crippen MR) is 106 cm³/mol. The maximum atomic E-state index is 13.4. The summed E-state index contributed by atoms with van der Waals surface area (Å²) < 4.78 is 2.70. The molecular formula is C20H28N4OS. The van der Waals surface area contributed by atoms with E-state index in [1.54, 1.807) is 0 Å². The van der Waals surface area contributed by atoms with E-state index in [0.717, 1.165) is 42.9 Å². The molecule has 1 aromatic heterocycles. The van der Waals surface area contributed by atoms with E-state index in [1.165, 1.54) is 0 Å². The number of aromatic amines is 1. The fourth-order valence-corrected chi connectivity index (χ4v) is 4.37. The molecule has 2 heterocycles. The average molecular weight is 373 g/mol. The SMILES string of the molecule is CCn1c(C2CCCN(C(=O)C(C)(C)c3ccccc3C)C2)n[nH]c1=S. The van der Waals surface area contributed by atoms with Gasteiger partial charge in [0.2, 0.25) is 5.91 Å². The Bertz CT molecular complexity index is 851. The first-order valence-corrected chi connectivity index (χ1v) is 9.77. The summed E-state index contributed by atoms with van der Waals surface area (Å²) in [6.45, 7) is 10.5. The van der Waals surface area contributed by atoms with Gasteiger partial charge in [0.15, 0.2) is 4.77 Å². The Kier molecular flexibility index (Phi) is 5.32. The highest BCUT2D eigenvalue weighted by atomic mass is 32.1. The van der Waals surface area contributed by atoms with E-state index >= 15 is 0 Å². The Morgan fingerprint density at radius 2 is 2.12 bits per heavy atom. The number of likely N-dealkylation sites (tertiary alicyclic amines) is 1. The Balaban J connectivity index is 1.84. The summed E-state index contributed by atoms with van der Waals surface area (Å²) in [5.74, 6) is 1.39. The van der Waals surface area contributed by atoms with Gasteiger partial charge in [-0.1, -0.05) is 24.3 Å². The molecule has 0 bridgehead atoms. The molecule has 140 valence electrons. The number of H-pyrrole nitrogens is 1.